The number of aliphatic hydroxyl groups excluding tert-OH is 5. The number of nitrogens with one attached hydrogen (secondary N) is 1. The third-order valence-electron chi connectivity index (χ3n) is 12.3. The maximum Gasteiger partial charge on any atom is 0.220 e. The number of allylic oxidation sites excluding steroid dienone is 11. The number of hydrogen-bond donors (Lipinski definition) is 6. The molecule has 1 aliphatic rings. The van der Waals surface area contributed by atoms with E-state index in [-0.39, 0.29) is 18.9 Å². The molecule has 0 spiro atoms. The van der Waals surface area contributed by atoms with E-state index in [1.807, 2.05) is 6.08 Å². The Labute approximate surface area is 398 Å². The van der Waals surface area contributed by atoms with Crippen LogP contribution in [0.1, 0.15) is 219 Å². The van der Waals surface area contributed by atoms with Crippen molar-refractivity contribution in [1.82, 2.24) is 5.32 Å². The average molecular weight is 914 g/mol. The Balaban J connectivity index is 2.28. The molecule has 7 unspecified atom stereocenters. The monoisotopic (exact) mass is 914 g/mol. The summed E-state index contributed by atoms with van der Waals surface area (Å²) in [5, 5.41) is 54.3. The van der Waals surface area contributed by atoms with Gasteiger partial charge in [0.25, 0.3) is 0 Å². The molecule has 0 radical (unpaired) electrons. The van der Waals surface area contributed by atoms with E-state index >= 15 is 0 Å². The van der Waals surface area contributed by atoms with Gasteiger partial charge in [0.2, 0.25) is 5.91 Å². The molecule has 9 heteroatoms. The van der Waals surface area contributed by atoms with Gasteiger partial charge in [-0.1, -0.05) is 215 Å². The minimum absolute atomic E-state index is 0.221. The number of rotatable bonds is 44. The smallest absolute Gasteiger partial charge is 0.220 e. The first kappa shape index (κ1) is 60.6. The number of carbonyl (C=O) groups is 1. The van der Waals surface area contributed by atoms with E-state index in [1.54, 1.807) is 6.08 Å². The van der Waals surface area contributed by atoms with Gasteiger partial charge in [0, 0.05) is 6.42 Å². The lowest BCUT2D eigenvalue weighted by Gasteiger charge is -2.40. The Hall–Kier alpha value is -2.37. The first-order valence-corrected chi connectivity index (χ1v) is 26.7. The number of unbranched alkanes of at least 4 members (excludes halogenated alkanes) is 24. The van der Waals surface area contributed by atoms with Gasteiger partial charge in [-0.15, -0.1) is 0 Å². The Morgan fingerprint density at radius 1 is 0.538 bits per heavy atom. The molecule has 1 fully saturated rings. The highest BCUT2D eigenvalue weighted by atomic mass is 16.7. The Morgan fingerprint density at radius 2 is 0.969 bits per heavy atom. The van der Waals surface area contributed by atoms with Crippen LogP contribution in [0.15, 0.2) is 72.9 Å². The van der Waals surface area contributed by atoms with Crippen LogP contribution in [0.5, 0.6) is 0 Å². The molecule has 6 N–H and O–H groups in total. The van der Waals surface area contributed by atoms with Crippen molar-refractivity contribution in [2.24, 2.45) is 0 Å². The van der Waals surface area contributed by atoms with Crippen LogP contribution in [0.3, 0.4) is 0 Å². The zero-order chi connectivity index (χ0) is 47.3. The van der Waals surface area contributed by atoms with E-state index in [1.165, 1.54) is 135 Å². The molecular formula is C56H99NO8. The van der Waals surface area contributed by atoms with Crippen LogP contribution in [0, 0.1) is 0 Å². The summed E-state index contributed by atoms with van der Waals surface area (Å²) >= 11 is 0. The van der Waals surface area contributed by atoms with Crippen LogP contribution >= 0.6 is 0 Å². The summed E-state index contributed by atoms with van der Waals surface area (Å²) in [7, 11) is 0. The van der Waals surface area contributed by atoms with Crippen LogP contribution < -0.4 is 5.32 Å². The van der Waals surface area contributed by atoms with Gasteiger partial charge < -0.3 is 40.3 Å². The summed E-state index contributed by atoms with van der Waals surface area (Å²) in [5.41, 5.74) is 0. The third-order valence-corrected chi connectivity index (χ3v) is 12.3. The largest absolute Gasteiger partial charge is 0.394 e. The van der Waals surface area contributed by atoms with Gasteiger partial charge in [0.05, 0.1) is 25.4 Å². The lowest BCUT2D eigenvalue weighted by atomic mass is 9.99. The summed E-state index contributed by atoms with van der Waals surface area (Å²) in [6.45, 7) is 3.62. The zero-order valence-corrected chi connectivity index (χ0v) is 41.5. The second-order valence-electron chi connectivity index (χ2n) is 18.3. The Bertz CT molecular complexity index is 1240. The highest BCUT2D eigenvalue weighted by molar-refractivity contribution is 5.76. The second kappa shape index (κ2) is 45.4. The molecule has 0 aromatic rings. The summed E-state index contributed by atoms with van der Waals surface area (Å²) in [6, 6.07) is -0.847. The quantitative estimate of drug-likeness (QED) is 0.0261. The molecule has 1 aliphatic heterocycles. The molecule has 0 aromatic carbocycles. The summed E-state index contributed by atoms with van der Waals surface area (Å²) in [6.07, 6.45) is 55.5. The molecule has 1 saturated heterocycles. The molecule has 0 aliphatic carbocycles. The molecule has 9 nitrogen and oxygen atoms in total. The molecule has 1 heterocycles. The van der Waals surface area contributed by atoms with Crippen molar-refractivity contribution in [3.8, 4) is 0 Å². The average Bonchev–Trinajstić information content (AvgIpc) is 3.31. The third kappa shape index (κ3) is 35.4. The van der Waals surface area contributed by atoms with E-state index in [0.717, 1.165) is 57.8 Å². The predicted octanol–water partition coefficient (Wildman–Crippen LogP) is 12.5. The predicted molar refractivity (Wildman–Crippen MR) is 272 cm³/mol. The Kier molecular flexibility index (Phi) is 42.4. The second-order valence-corrected chi connectivity index (χ2v) is 18.3. The molecule has 65 heavy (non-hydrogen) atoms. The first-order valence-electron chi connectivity index (χ1n) is 26.7. The van der Waals surface area contributed by atoms with Gasteiger partial charge in [0.1, 0.15) is 24.4 Å². The molecule has 0 aromatic heterocycles. The van der Waals surface area contributed by atoms with Crippen LogP contribution in [-0.4, -0.2) is 87.5 Å². The fraction of sp³-hybridized carbons (Fsp3) is 0.768. The zero-order valence-electron chi connectivity index (χ0n) is 41.5. The van der Waals surface area contributed by atoms with Gasteiger partial charge in [0.15, 0.2) is 6.29 Å². The van der Waals surface area contributed by atoms with E-state index in [0.29, 0.717) is 6.42 Å². The minimum Gasteiger partial charge on any atom is -0.394 e. The molecule has 7 atom stereocenters. The lowest BCUT2D eigenvalue weighted by molar-refractivity contribution is -0.302. The molecule has 0 saturated carbocycles. The van der Waals surface area contributed by atoms with Gasteiger partial charge in [-0.3, -0.25) is 4.79 Å². The highest BCUT2D eigenvalue weighted by Gasteiger charge is 2.44. The van der Waals surface area contributed by atoms with Crippen LogP contribution in [0.4, 0.5) is 0 Å². The van der Waals surface area contributed by atoms with E-state index in [2.05, 4.69) is 79.9 Å². The van der Waals surface area contributed by atoms with E-state index in [4.69, 9.17) is 9.47 Å². The molecular weight excluding hydrogens is 815 g/mol. The number of carbonyl (C=O) groups excluding carboxylic acids is 1. The van der Waals surface area contributed by atoms with Crippen molar-refractivity contribution in [1.29, 1.82) is 0 Å². The van der Waals surface area contributed by atoms with Crippen molar-refractivity contribution >= 4 is 5.91 Å². The summed E-state index contributed by atoms with van der Waals surface area (Å²) < 4.78 is 11.2. The van der Waals surface area contributed by atoms with E-state index in [9.17, 15) is 30.3 Å². The minimum atomic E-state index is -1.58. The molecule has 376 valence electrons. The Morgan fingerprint density at radius 3 is 1.48 bits per heavy atom. The molecule has 1 rings (SSSR count). The van der Waals surface area contributed by atoms with Crippen LogP contribution in [0.25, 0.3) is 0 Å². The summed E-state index contributed by atoms with van der Waals surface area (Å²) in [5.74, 6) is -0.229. The van der Waals surface area contributed by atoms with Crippen molar-refractivity contribution < 1.29 is 39.8 Å². The topological polar surface area (TPSA) is 149 Å². The maximum atomic E-state index is 13.0. The van der Waals surface area contributed by atoms with Gasteiger partial charge in [-0.05, 0) is 70.6 Å². The van der Waals surface area contributed by atoms with E-state index < -0.39 is 49.5 Å². The van der Waals surface area contributed by atoms with Crippen LogP contribution in [-0.2, 0) is 14.3 Å². The van der Waals surface area contributed by atoms with Crippen molar-refractivity contribution in [3.05, 3.63) is 72.9 Å². The fourth-order valence-corrected chi connectivity index (χ4v) is 8.05. The maximum absolute atomic E-state index is 13.0. The number of amides is 1. The SMILES string of the molecule is CC/C=C\C/C=C\C/C=C\C/C=C\CCCCC(=O)NC(COC1OC(CO)C(O)C(O)C1O)C(O)/C=C/CC/C=C/CCCCCCCCCCCCCCCCCCCCCCC. The first-order chi connectivity index (χ1) is 31.8. The van der Waals surface area contributed by atoms with Crippen molar-refractivity contribution in [2.45, 2.75) is 262 Å². The normalized spacial score (nSPS) is 20.5. The van der Waals surface area contributed by atoms with Gasteiger partial charge >= 0.3 is 0 Å². The lowest BCUT2D eigenvalue weighted by Crippen LogP contribution is -2.60. The van der Waals surface area contributed by atoms with Crippen molar-refractivity contribution in [2.75, 3.05) is 13.2 Å². The number of hydrogen-bond acceptors (Lipinski definition) is 8. The number of aliphatic hydroxyl groups is 5. The summed E-state index contributed by atoms with van der Waals surface area (Å²) in [4.78, 5) is 13.0. The molecule has 1 amide bonds. The van der Waals surface area contributed by atoms with Gasteiger partial charge in [-0.25, -0.2) is 0 Å². The van der Waals surface area contributed by atoms with Crippen LogP contribution in [0.2, 0.25) is 0 Å². The number of ether oxygens (including phenoxy) is 2. The van der Waals surface area contributed by atoms with Gasteiger partial charge in [-0.2, -0.15) is 0 Å². The fourth-order valence-electron chi connectivity index (χ4n) is 8.05. The van der Waals surface area contributed by atoms with Crippen molar-refractivity contribution in [3.63, 3.8) is 0 Å². The highest BCUT2D eigenvalue weighted by Crippen LogP contribution is 2.23. The standard InChI is InChI=1S/C56H99NO8/c1-3-5-7-9-11-13-15-17-19-20-21-22-23-24-25-26-27-28-29-30-32-33-35-37-39-41-43-45-50(59)49(48-64-56-55(63)54(62)53(61)51(47-58)65-56)57-52(60)46-44-42-40-38-36-34-31-18-16-14-12-10-8-6-4-2/h6,8,12,14,18,31,35-38,43,45,49-51,53-56,58-59,61-63H,3-5,7,9-11,13,15-17,19-30,32-34,39-42,44,46-48H2,1-2H3,(H,57,60)/b8-6-,14-12-,31-18-,37-35+,38-36-,45-43+. The molecule has 0 bridgehead atoms.